The molecule has 0 rings (SSSR count). The number of esters is 1. The molecule has 1 N–H and O–H groups in total. The Hall–Kier alpha value is -0.610. The third kappa shape index (κ3) is 7.29. The molecule has 0 aliphatic carbocycles. The van der Waals surface area contributed by atoms with Crippen molar-refractivity contribution >= 4 is 5.97 Å². The minimum Gasteiger partial charge on any atom is -0.461 e. The summed E-state index contributed by atoms with van der Waals surface area (Å²) in [5.74, 6) is -0.395. The summed E-state index contributed by atoms with van der Waals surface area (Å²) in [6, 6.07) is 0. The number of ether oxygens (including phenoxy) is 2. The van der Waals surface area contributed by atoms with Gasteiger partial charge in [0.25, 0.3) is 0 Å². The van der Waals surface area contributed by atoms with E-state index in [9.17, 15) is 4.79 Å². The predicted octanol–water partition coefficient (Wildman–Crippen LogP) is -0.0531. The Morgan fingerprint density at radius 3 is 2.64 bits per heavy atom. The zero-order valence-corrected chi connectivity index (χ0v) is 6.87. The Morgan fingerprint density at radius 2 is 2.18 bits per heavy atom. The van der Waals surface area contributed by atoms with Gasteiger partial charge in [0.1, 0.15) is 6.61 Å². The van der Waals surface area contributed by atoms with Crippen LogP contribution in [0.2, 0.25) is 0 Å². The van der Waals surface area contributed by atoms with Gasteiger partial charge < -0.3 is 14.6 Å². The van der Waals surface area contributed by atoms with E-state index in [0.29, 0.717) is 0 Å². The average Bonchev–Trinajstić information content (AvgIpc) is 1.86. The lowest BCUT2D eigenvalue weighted by Crippen LogP contribution is -2.17. The highest BCUT2D eigenvalue weighted by atomic mass is 16.6. The van der Waals surface area contributed by atoms with Crippen molar-refractivity contribution in [1.29, 1.82) is 0 Å². The molecule has 4 heteroatoms. The van der Waals surface area contributed by atoms with E-state index in [0.717, 1.165) is 0 Å². The molecule has 0 aromatic heterocycles. The fourth-order valence-electron chi connectivity index (χ4n) is 0.517. The van der Waals surface area contributed by atoms with Gasteiger partial charge >= 0.3 is 5.97 Å². The van der Waals surface area contributed by atoms with Crippen LogP contribution in [0.1, 0.15) is 13.8 Å². The van der Waals surface area contributed by atoms with E-state index < -0.39 is 5.97 Å². The van der Waals surface area contributed by atoms with Crippen molar-refractivity contribution in [3.05, 3.63) is 0 Å². The monoisotopic (exact) mass is 162 g/mol. The molecule has 0 bridgehead atoms. The fraction of sp³-hybridized carbons (Fsp3) is 0.857. The highest BCUT2D eigenvalue weighted by molar-refractivity contribution is 5.70. The molecule has 0 amide bonds. The molecule has 0 saturated carbocycles. The standard InChI is InChI=1S/C7H14O4/c1-6(2)11-7(9)5-10-4-3-8/h6,8H,3-5H2,1-2H3. The Bertz CT molecular complexity index is 111. The van der Waals surface area contributed by atoms with Gasteiger partial charge in [-0.15, -0.1) is 0 Å². The minimum absolute atomic E-state index is 0.0744. The summed E-state index contributed by atoms with van der Waals surface area (Å²) in [7, 11) is 0. The smallest absolute Gasteiger partial charge is 0.332 e. The van der Waals surface area contributed by atoms with Gasteiger partial charge in [-0.3, -0.25) is 0 Å². The van der Waals surface area contributed by atoms with E-state index in [2.05, 4.69) is 0 Å². The maximum Gasteiger partial charge on any atom is 0.332 e. The second-order valence-corrected chi connectivity index (χ2v) is 2.31. The van der Waals surface area contributed by atoms with Gasteiger partial charge in [-0.05, 0) is 13.8 Å². The van der Waals surface area contributed by atoms with Gasteiger partial charge in [-0.2, -0.15) is 0 Å². The maximum atomic E-state index is 10.7. The van der Waals surface area contributed by atoms with Gasteiger partial charge in [0.05, 0.1) is 19.3 Å². The quantitative estimate of drug-likeness (QED) is 0.454. The average molecular weight is 162 g/mol. The predicted molar refractivity (Wildman–Crippen MR) is 39.1 cm³/mol. The molecule has 4 nitrogen and oxygen atoms in total. The van der Waals surface area contributed by atoms with Crippen molar-refractivity contribution in [2.75, 3.05) is 19.8 Å². The Balaban J connectivity index is 3.23. The third-order valence-corrected chi connectivity index (χ3v) is 0.823. The van der Waals surface area contributed by atoms with Crippen molar-refractivity contribution in [2.24, 2.45) is 0 Å². The molecule has 11 heavy (non-hydrogen) atoms. The van der Waals surface area contributed by atoms with Gasteiger partial charge in [-0.25, -0.2) is 4.79 Å². The zero-order valence-electron chi connectivity index (χ0n) is 6.87. The van der Waals surface area contributed by atoms with E-state index in [-0.39, 0.29) is 25.9 Å². The number of hydrogen-bond donors (Lipinski definition) is 1. The van der Waals surface area contributed by atoms with Crippen LogP contribution < -0.4 is 0 Å². The molecule has 0 aliphatic heterocycles. The van der Waals surface area contributed by atoms with Crippen LogP contribution in [0, 0.1) is 0 Å². The van der Waals surface area contributed by atoms with Crippen LogP contribution in [0.4, 0.5) is 0 Å². The van der Waals surface area contributed by atoms with Crippen LogP contribution in [-0.4, -0.2) is 37.0 Å². The highest BCUT2D eigenvalue weighted by Crippen LogP contribution is 1.89. The molecule has 0 saturated heterocycles. The highest BCUT2D eigenvalue weighted by Gasteiger charge is 2.03. The number of rotatable bonds is 5. The molecule has 0 heterocycles. The van der Waals surface area contributed by atoms with E-state index >= 15 is 0 Å². The van der Waals surface area contributed by atoms with E-state index in [1.54, 1.807) is 13.8 Å². The van der Waals surface area contributed by atoms with Crippen molar-refractivity contribution in [1.82, 2.24) is 0 Å². The Morgan fingerprint density at radius 1 is 1.55 bits per heavy atom. The molecule has 0 aromatic rings. The van der Waals surface area contributed by atoms with Gasteiger partial charge in [0.2, 0.25) is 0 Å². The van der Waals surface area contributed by atoms with Gasteiger partial charge in [0.15, 0.2) is 0 Å². The molecule has 0 aromatic carbocycles. The van der Waals surface area contributed by atoms with Crippen LogP contribution in [0.15, 0.2) is 0 Å². The van der Waals surface area contributed by atoms with Crippen LogP contribution in [-0.2, 0) is 14.3 Å². The van der Waals surface area contributed by atoms with Crippen molar-refractivity contribution in [3.8, 4) is 0 Å². The molecule has 0 radical (unpaired) electrons. The van der Waals surface area contributed by atoms with Crippen molar-refractivity contribution < 1.29 is 19.4 Å². The lowest BCUT2D eigenvalue weighted by Gasteiger charge is -2.07. The first-order valence-electron chi connectivity index (χ1n) is 3.55. The zero-order chi connectivity index (χ0) is 8.69. The molecule has 66 valence electrons. The molecule has 0 atom stereocenters. The number of aliphatic hydroxyl groups excluding tert-OH is 1. The molecule has 0 unspecified atom stereocenters. The first-order chi connectivity index (χ1) is 5.16. The summed E-state index contributed by atoms with van der Waals surface area (Å²) in [5, 5.41) is 8.28. The maximum absolute atomic E-state index is 10.7. The van der Waals surface area contributed by atoms with Crippen LogP contribution in [0.5, 0.6) is 0 Å². The number of carbonyl (C=O) groups excluding carboxylic acids is 1. The fourth-order valence-corrected chi connectivity index (χ4v) is 0.517. The van der Waals surface area contributed by atoms with E-state index in [4.69, 9.17) is 14.6 Å². The second kappa shape index (κ2) is 6.12. The van der Waals surface area contributed by atoms with E-state index in [1.807, 2.05) is 0 Å². The van der Waals surface area contributed by atoms with Gasteiger partial charge in [-0.1, -0.05) is 0 Å². The summed E-state index contributed by atoms with van der Waals surface area (Å²) >= 11 is 0. The number of hydrogen-bond acceptors (Lipinski definition) is 4. The van der Waals surface area contributed by atoms with Gasteiger partial charge in [0, 0.05) is 0 Å². The van der Waals surface area contributed by atoms with Crippen molar-refractivity contribution in [2.45, 2.75) is 20.0 Å². The summed E-state index contributed by atoms with van der Waals surface area (Å²) in [4.78, 5) is 10.7. The third-order valence-electron chi connectivity index (χ3n) is 0.823. The van der Waals surface area contributed by atoms with Crippen molar-refractivity contribution in [3.63, 3.8) is 0 Å². The lowest BCUT2D eigenvalue weighted by atomic mass is 10.5. The largest absolute Gasteiger partial charge is 0.461 e. The van der Waals surface area contributed by atoms with Crippen LogP contribution >= 0.6 is 0 Å². The topological polar surface area (TPSA) is 55.8 Å². The summed E-state index contributed by atoms with van der Waals surface area (Å²) in [5.41, 5.74) is 0. The van der Waals surface area contributed by atoms with Crippen LogP contribution in [0.25, 0.3) is 0 Å². The molecule has 0 aliphatic rings. The van der Waals surface area contributed by atoms with E-state index in [1.165, 1.54) is 0 Å². The SMILES string of the molecule is CC(C)OC(=O)COCCO. The second-order valence-electron chi connectivity index (χ2n) is 2.31. The molecule has 0 spiro atoms. The summed E-state index contributed by atoms with van der Waals surface area (Å²) < 4.78 is 9.47. The summed E-state index contributed by atoms with van der Waals surface area (Å²) in [6.07, 6.45) is -0.111. The normalized spacial score (nSPS) is 10.2. The lowest BCUT2D eigenvalue weighted by molar-refractivity contribution is -0.153. The molecule has 0 fully saturated rings. The molecular formula is C7H14O4. The number of aliphatic hydroxyl groups is 1. The minimum atomic E-state index is -0.395. The van der Waals surface area contributed by atoms with Crippen LogP contribution in [0.3, 0.4) is 0 Å². The number of carbonyl (C=O) groups is 1. The first kappa shape index (κ1) is 10.4. The summed E-state index contributed by atoms with van der Waals surface area (Å²) in [6.45, 7) is 3.55. The first-order valence-corrected chi connectivity index (χ1v) is 3.55. The molecular weight excluding hydrogens is 148 g/mol. The Labute approximate surface area is 66.1 Å². The Kier molecular flexibility index (Phi) is 5.78.